The summed E-state index contributed by atoms with van der Waals surface area (Å²) in [7, 11) is 0. The van der Waals surface area contributed by atoms with Gasteiger partial charge in [0, 0.05) is 19.3 Å². The maximum Gasteiger partial charge on any atom is 0.0494 e. The van der Waals surface area contributed by atoms with Gasteiger partial charge in [0.2, 0.25) is 0 Å². The first-order valence-corrected chi connectivity index (χ1v) is 8.73. The molecule has 0 aromatic heterocycles. The molecule has 2 bridgehead atoms. The molecular formula is C17H29NO. The SMILES string of the molecule is C(CNC1CC2CC1C1CCCC21)COCC1CC1. The van der Waals surface area contributed by atoms with E-state index in [1.54, 1.807) is 12.8 Å². The Morgan fingerprint density at radius 3 is 2.74 bits per heavy atom. The van der Waals surface area contributed by atoms with Crippen LogP contribution in [0.2, 0.25) is 0 Å². The van der Waals surface area contributed by atoms with E-state index in [4.69, 9.17) is 4.74 Å². The van der Waals surface area contributed by atoms with Crippen molar-refractivity contribution in [2.75, 3.05) is 19.8 Å². The van der Waals surface area contributed by atoms with Crippen molar-refractivity contribution in [1.29, 1.82) is 0 Å². The van der Waals surface area contributed by atoms with Crippen LogP contribution in [0.25, 0.3) is 0 Å². The molecule has 2 heteroatoms. The summed E-state index contributed by atoms with van der Waals surface area (Å²) >= 11 is 0. The Morgan fingerprint density at radius 1 is 0.947 bits per heavy atom. The molecule has 0 amide bonds. The Labute approximate surface area is 117 Å². The molecular weight excluding hydrogens is 234 g/mol. The molecule has 108 valence electrons. The molecule has 4 aliphatic rings. The van der Waals surface area contributed by atoms with Gasteiger partial charge in [0.15, 0.2) is 0 Å². The molecule has 0 aromatic carbocycles. The maximum atomic E-state index is 5.71. The zero-order chi connectivity index (χ0) is 12.7. The molecule has 0 aromatic rings. The first-order valence-electron chi connectivity index (χ1n) is 8.73. The van der Waals surface area contributed by atoms with Crippen LogP contribution < -0.4 is 5.32 Å². The Morgan fingerprint density at radius 2 is 1.84 bits per heavy atom. The fourth-order valence-corrected chi connectivity index (χ4v) is 5.30. The van der Waals surface area contributed by atoms with E-state index in [2.05, 4.69) is 5.32 Å². The molecule has 4 fully saturated rings. The van der Waals surface area contributed by atoms with Gasteiger partial charge in [-0.25, -0.2) is 0 Å². The summed E-state index contributed by atoms with van der Waals surface area (Å²) in [5.74, 6) is 5.26. The van der Waals surface area contributed by atoms with E-state index in [1.807, 2.05) is 0 Å². The molecule has 0 radical (unpaired) electrons. The van der Waals surface area contributed by atoms with Crippen molar-refractivity contribution in [3.05, 3.63) is 0 Å². The highest BCUT2D eigenvalue weighted by molar-refractivity contribution is 5.05. The van der Waals surface area contributed by atoms with E-state index in [0.717, 1.165) is 48.8 Å². The quantitative estimate of drug-likeness (QED) is 0.712. The molecule has 4 rings (SSSR count). The van der Waals surface area contributed by atoms with Crippen LogP contribution in [0.5, 0.6) is 0 Å². The van der Waals surface area contributed by atoms with Crippen molar-refractivity contribution in [1.82, 2.24) is 5.32 Å². The van der Waals surface area contributed by atoms with Crippen LogP contribution in [-0.2, 0) is 4.74 Å². The summed E-state index contributed by atoms with van der Waals surface area (Å²) in [6.45, 7) is 3.17. The highest BCUT2D eigenvalue weighted by Crippen LogP contribution is 2.58. The first-order chi connectivity index (χ1) is 9.42. The Kier molecular flexibility index (Phi) is 3.57. The number of rotatable bonds is 7. The minimum atomic E-state index is 0.854. The maximum absolute atomic E-state index is 5.71. The van der Waals surface area contributed by atoms with Gasteiger partial charge in [-0.3, -0.25) is 0 Å². The number of ether oxygens (including phenoxy) is 1. The second-order valence-electron chi connectivity index (χ2n) is 7.59. The molecule has 0 aliphatic heterocycles. The van der Waals surface area contributed by atoms with E-state index in [1.165, 1.54) is 45.1 Å². The minimum absolute atomic E-state index is 0.854. The summed E-state index contributed by atoms with van der Waals surface area (Å²) in [5.41, 5.74) is 0. The predicted molar refractivity (Wildman–Crippen MR) is 77.0 cm³/mol. The van der Waals surface area contributed by atoms with Crippen LogP contribution in [0, 0.1) is 29.6 Å². The molecule has 4 saturated carbocycles. The van der Waals surface area contributed by atoms with Crippen LogP contribution in [-0.4, -0.2) is 25.8 Å². The molecule has 5 unspecified atom stereocenters. The third-order valence-corrected chi connectivity index (χ3v) is 6.35. The molecule has 0 heterocycles. The molecule has 5 atom stereocenters. The fourth-order valence-electron chi connectivity index (χ4n) is 5.30. The van der Waals surface area contributed by atoms with E-state index < -0.39 is 0 Å². The lowest BCUT2D eigenvalue weighted by atomic mass is 9.79. The summed E-state index contributed by atoms with van der Waals surface area (Å²) in [4.78, 5) is 0. The van der Waals surface area contributed by atoms with Crippen molar-refractivity contribution in [3.8, 4) is 0 Å². The number of hydrogen-bond acceptors (Lipinski definition) is 2. The Bertz CT molecular complexity index is 314. The topological polar surface area (TPSA) is 21.3 Å². The highest BCUT2D eigenvalue weighted by atomic mass is 16.5. The lowest BCUT2D eigenvalue weighted by Crippen LogP contribution is -2.39. The normalized spacial score (nSPS) is 43.9. The average Bonchev–Trinajstić information content (AvgIpc) is 2.87. The fraction of sp³-hybridized carbons (Fsp3) is 1.00. The summed E-state index contributed by atoms with van der Waals surface area (Å²) in [5, 5.41) is 3.85. The lowest BCUT2D eigenvalue weighted by Gasteiger charge is -2.32. The van der Waals surface area contributed by atoms with Gasteiger partial charge in [0.05, 0.1) is 0 Å². The molecule has 0 saturated heterocycles. The Balaban J connectivity index is 1.14. The van der Waals surface area contributed by atoms with Crippen LogP contribution in [0.15, 0.2) is 0 Å². The van der Waals surface area contributed by atoms with Crippen LogP contribution in [0.3, 0.4) is 0 Å². The third-order valence-electron chi connectivity index (χ3n) is 6.35. The van der Waals surface area contributed by atoms with Crippen LogP contribution in [0.4, 0.5) is 0 Å². The van der Waals surface area contributed by atoms with Gasteiger partial charge >= 0.3 is 0 Å². The minimum Gasteiger partial charge on any atom is -0.381 e. The molecule has 4 aliphatic carbocycles. The van der Waals surface area contributed by atoms with Gasteiger partial charge in [-0.15, -0.1) is 0 Å². The van der Waals surface area contributed by atoms with Gasteiger partial charge in [-0.05, 0) is 81.1 Å². The second-order valence-corrected chi connectivity index (χ2v) is 7.59. The van der Waals surface area contributed by atoms with Crippen molar-refractivity contribution in [3.63, 3.8) is 0 Å². The third kappa shape index (κ3) is 2.58. The van der Waals surface area contributed by atoms with E-state index in [0.29, 0.717) is 0 Å². The Hall–Kier alpha value is -0.0800. The van der Waals surface area contributed by atoms with Crippen molar-refractivity contribution < 1.29 is 4.74 Å². The second kappa shape index (κ2) is 5.37. The monoisotopic (exact) mass is 263 g/mol. The van der Waals surface area contributed by atoms with Crippen LogP contribution >= 0.6 is 0 Å². The highest BCUT2D eigenvalue weighted by Gasteiger charge is 2.53. The summed E-state index contributed by atoms with van der Waals surface area (Å²) in [6.07, 6.45) is 11.7. The van der Waals surface area contributed by atoms with Gasteiger partial charge in [0.25, 0.3) is 0 Å². The van der Waals surface area contributed by atoms with Crippen molar-refractivity contribution >= 4 is 0 Å². The number of hydrogen-bond donors (Lipinski definition) is 1. The van der Waals surface area contributed by atoms with Gasteiger partial charge in [-0.1, -0.05) is 6.42 Å². The van der Waals surface area contributed by atoms with Gasteiger partial charge in [-0.2, -0.15) is 0 Å². The zero-order valence-electron chi connectivity index (χ0n) is 12.2. The zero-order valence-corrected chi connectivity index (χ0v) is 12.2. The van der Waals surface area contributed by atoms with E-state index >= 15 is 0 Å². The molecule has 2 nitrogen and oxygen atoms in total. The van der Waals surface area contributed by atoms with Crippen molar-refractivity contribution in [2.24, 2.45) is 29.6 Å². The number of nitrogens with one attached hydrogen (secondary N) is 1. The van der Waals surface area contributed by atoms with Gasteiger partial charge in [0.1, 0.15) is 0 Å². The van der Waals surface area contributed by atoms with Crippen LogP contribution in [0.1, 0.15) is 51.4 Å². The molecule has 1 N–H and O–H groups in total. The molecule has 0 spiro atoms. The smallest absolute Gasteiger partial charge is 0.0494 e. The first kappa shape index (κ1) is 12.6. The summed E-state index contributed by atoms with van der Waals surface area (Å²) in [6, 6.07) is 0.854. The summed E-state index contributed by atoms with van der Waals surface area (Å²) < 4.78 is 5.71. The standard InChI is InChI=1S/C17H29NO/c1-3-14-13-9-16(15(14)4-1)17(10-13)18-7-2-8-19-11-12-5-6-12/h12-18H,1-11H2. The number of fused-ring (bicyclic) bond motifs is 5. The van der Waals surface area contributed by atoms with Crippen molar-refractivity contribution in [2.45, 2.75) is 57.4 Å². The average molecular weight is 263 g/mol. The van der Waals surface area contributed by atoms with E-state index in [9.17, 15) is 0 Å². The predicted octanol–water partition coefficient (Wildman–Crippen LogP) is 3.22. The van der Waals surface area contributed by atoms with E-state index in [-0.39, 0.29) is 0 Å². The lowest BCUT2D eigenvalue weighted by molar-refractivity contribution is 0.119. The molecule has 19 heavy (non-hydrogen) atoms. The largest absolute Gasteiger partial charge is 0.381 e. The van der Waals surface area contributed by atoms with Gasteiger partial charge < -0.3 is 10.1 Å².